The number of aromatic nitrogens is 1. The van der Waals surface area contributed by atoms with E-state index in [1.807, 2.05) is 30.0 Å². The first-order valence-electron chi connectivity index (χ1n) is 11.5. The molecule has 6 heteroatoms. The Hall–Kier alpha value is -2.83. The largest absolute Gasteiger partial charge is 0.497 e. The molecule has 0 unspecified atom stereocenters. The molecule has 0 spiro atoms. The Morgan fingerprint density at radius 1 is 1.09 bits per heavy atom. The first-order chi connectivity index (χ1) is 15.6. The number of aromatic amines is 1. The fourth-order valence-corrected chi connectivity index (χ4v) is 4.57. The third kappa shape index (κ3) is 4.81. The van der Waals surface area contributed by atoms with Gasteiger partial charge in [0.15, 0.2) is 0 Å². The van der Waals surface area contributed by atoms with Crippen molar-refractivity contribution < 1.29 is 9.53 Å². The summed E-state index contributed by atoms with van der Waals surface area (Å²) >= 11 is 0. The lowest BCUT2D eigenvalue weighted by Gasteiger charge is -2.35. The van der Waals surface area contributed by atoms with Gasteiger partial charge >= 0.3 is 0 Å². The van der Waals surface area contributed by atoms with Crippen LogP contribution in [0.25, 0.3) is 10.9 Å². The Bertz CT molecular complexity index is 1020. The molecule has 0 aliphatic carbocycles. The number of hydrogen-bond acceptors (Lipinski definition) is 4. The van der Waals surface area contributed by atoms with Gasteiger partial charge in [-0.3, -0.25) is 4.79 Å². The number of fused-ring (bicyclic) bond motifs is 1. The Morgan fingerprint density at radius 3 is 2.50 bits per heavy atom. The van der Waals surface area contributed by atoms with Gasteiger partial charge in [-0.15, -0.1) is 0 Å². The molecule has 1 aliphatic rings. The number of para-hydroxylation sites is 1. The Morgan fingerprint density at radius 2 is 1.81 bits per heavy atom. The summed E-state index contributed by atoms with van der Waals surface area (Å²) in [5.41, 5.74) is 3.55. The number of piperazine rings is 1. The van der Waals surface area contributed by atoms with Gasteiger partial charge in [0.2, 0.25) is 5.91 Å². The number of likely N-dealkylation sites (N-methyl/N-ethyl adjacent to an activating group) is 1. The van der Waals surface area contributed by atoms with E-state index in [2.05, 4.69) is 58.7 Å². The number of nitrogens with zero attached hydrogens (tertiary/aromatic N) is 2. The molecule has 2 aromatic carbocycles. The maximum atomic E-state index is 13.0. The number of carbonyl (C=O) groups is 1. The fourth-order valence-electron chi connectivity index (χ4n) is 4.57. The molecule has 3 aromatic rings. The monoisotopic (exact) mass is 434 g/mol. The van der Waals surface area contributed by atoms with Crippen molar-refractivity contribution in [1.82, 2.24) is 20.1 Å². The number of hydrogen-bond donors (Lipinski definition) is 2. The van der Waals surface area contributed by atoms with Crippen molar-refractivity contribution >= 4 is 16.8 Å². The Labute approximate surface area is 190 Å². The van der Waals surface area contributed by atoms with Gasteiger partial charge < -0.3 is 24.8 Å². The van der Waals surface area contributed by atoms with Crippen molar-refractivity contribution in [1.29, 1.82) is 0 Å². The van der Waals surface area contributed by atoms with E-state index in [-0.39, 0.29) is 17.9 Å². The number of ether oxygens (including phenoxy) is 1. The van der Waals surface area contributed by atoms with Crippen LogP contribution in [0.15, 0.2) is 54.7 Å². The third-order valence-electron chi connectivity index (χ3n) is 6.64. The summed E-state index contributed by atoms with van der Waals surface area (Å²) in [5, 5.41) is 4.75. The summed E-state index contributed by atoms with van der Waals surface area (Å²) in [6, 6.07) is 16.4. The van der Waals surface area contributed by atoms with Crippen LogP contribution in [0.1, 0.15) is 30.9 Å². The second-order valence-electron chi connectivity index (χ2n) is 8.50. The van der Waals surface area contributed by atoms with Crippen LogP contribution in [0.3, 0.4) is 0 Å². The predicted molar refractivity (Wildman–Crippen MR) is 129 cm³/mol. The normalized spacial score (nSPS) is 16.8. The van der Waals surface area contributed by atoms with Crippen molar-refractivity contribution in [2.75, 3.05) is 46.4 Å². The predicted octanol–water partition coefficient (Wildman–Crippen LogP) is 3.45. The van der Waals surface area contributed by atoms with Gasteiger partial charge in [0.1, 0.15) is 5.75 Å². The van der Waals surface area contributed by atoms with Crippen LogP contribution in [0, 0.1) is 0 Å². The number of methoxy groups -OCH3 is 1. The molecule has 0 radical (unpaired) electrons. The highest BCUT2D eigenvalue weighted by molar-refractivity contribution is 5.84. The van der Waals surface area contributed by atoms with Crippen LogP contribution in [-0.4, -0.2) is 73.1 Å². The summed E-state index contributed by atoms with van der Waals surface area (Å²) in [4.78, 5) is 20.8. The number of rotatable bonds is 8. The first-order valence-corrected chi connectivity index (χ1v) is 11.5. The average Bonchev–Trinajstić information content (AvgIpc) is 3.28. The second-order valence-corrected chi connectivity index (χ2v) is 8.50. The SMILES string of the molecule is CCN1CCN(C(=O)[C@@H](C)NC[C@@H](c2ccc(OC)cc2)c2c[nH]c3ccccc23)CC1. The minimum absolute atomic E-state index is 0.115. The van der Waals surface area contributed by atoms with Gasteiger partial charge in [-0.05, 0) is 42.8 Å². The maximum absolute atomic E-state index is 13.0. The smallest absolute Gasteiger partial charge is 0.239 e. The van der Waals surface area contributed by atoms with Gasteiger partial charge in [0.05, 0.1) is 13.2 Å². The van der Waals surface area contributed by atoms with E-state index in [4.69, 9.17) is 4.74 Å². The molecule has 0 saturated carbocycles. The molecule has 0 bridgehead atoms. The van der Waals surface area contributed by atoms with E-state index >= 15 is 0 Å². The molecule has 2 N–H and O–H groups in total. The zero-order valence-corrected chi connectivity index (χ0v) is 19.3. The molecule has 2 heterocycles. The molecule has 6 nitrogen and oxygen atoms in total. The molecular formula is C26H34N4O2. The highest BCUT2D eigenvalue weighted by Gasteiger charge is 2.26. The summed E-state index contributed by atoms with van der Waals surface area (Å²) in [6.45, 7) is 9.41. The van der Waals surface area contributed by atoms with E-state index in [0.29, 0.717) is 6.54 Å². The lowest BCUT2D eigenvalue weighted by atomic mass is 9.90. The van der Waals surface area contributed by atoms with Crippen molar-refractivity contribution in [2.45, 2.75) is 25.8 Å². The second kappa shape index (κ2) is 10.2. The van der Waals surface area contributed by atoms with Crippen LogP contribution in [0.2, 0.25) is 0 Å². The van der Waals surface area contributed by atoms with Crippen molar-refractivity contribution in [3.8, 4) is 5.75 Å². The lowest BCUT2D eigenvalue weighted by molar-refractivity contribution is -0.134. The molecule has 1 amide bonds. The van der Waals surface area contributed by atoms with Crippen LogP contribution in [0.4, 0.5) is 0 Å². The standard InChI is InChI=1S/C26H34N4O2/c1-4-29-13-15-30(16-14-29)26(31)19(2)27-17-23(20-9-11-21(32-3)12-10-20)24-18-28-25-8-6-5-7-22(24)25/h5-12,18-19,23,27-28H,4,13-17H2,1-3H3/t19-,23+/m1/s1. The number of benzene rings is 2. The first kappa shape index (κ1) is 22.4. The van der Waals surface area contributed by atoms with Crippen LogP contribution >= 0.6 is 0 Å². The summed E-state index contributed by atoms with van der Waals surface area (Å²) in [5.74, 6) is 1.14. The Kier molecular flexibility index (Phi) is 7.12. The molecule has 1 aliphatic heterocycles. The fraction of sp³-hybridized carbons (Fsp3) is 0.423. The van der Waals surface area contributed by atoms with E-state index in [1.165, 1.54) is 16.5 Å². The minimum atomic E-state index is -0.228. The van der Waals surface area contributed by atoms with E-state index in [9.17, 15) is 4.79 Å². The molecule has 1 saturated heterocycles. The third-order valence-corrected chi connectivity index (χ3v) is 6.64. The maximum Gasteiger partial charge on any atom is 0.239 e. The molecular weight excluding hydrogens is 400 g/mol. The van der Waals surface area contributed by atoms with E-state index in [0.717, 1.165) is 44.0 Å². The van der Waals surface area contributed by atoms with Crippen LogP contribution < -0.4 is 10.1 Å². The zero-order valence-electron chi connectivity index (χ0n) is 19.3. The van der Waals surface area contributed by atoms with E-state index < -0.39 is 0 Å². The molecule has 1 aromatic heterocycles. The molecule has 170 valence electrons. The average molecular weight is 435 g/mol. The zero-order chi connectivity index (χ0) is 22.5. The van der Waals surface area contributed by atoms with Gasteiger partial charge in [0, 0.05) is 55.7 Å². The van der Waals surface area contributed by atoms with Crippen molar-refractivity contribution in [2.24, 2.45) is 0 Å². The number of amides is 1. The van der Waals surface area contributed by atoms with Crippen molar-refractivity contribution in [3.63, 3.8) is 0 Å². The molecule has 4 rings (SSSR count). The van der Waals surface area contributed by atoms with Crippen molar-refractivity contribution in [3.05, 3.63) is 65.9 Å². The number of H-pyrrole nitrogens is 1. The van der Waals surface area contributed by atoms with Crippen LogP contribution in [0.5, 0.6) is 5.75 Å². The van der Waals surface area contributed by atoms with Gasteiger partial charge in [-0.2, -0.15) is 0 Å². The Balaban J connectivity index is 1.51. The number of carbonyl (C=O) groups excluding carboxylic acids is 1. The summed E-state index contributed by atoms with van der Waals surface area (Å²) in [7, 11) is 1.68. The molecule has 32 heavy (non-hydrogen) atoms. The number of nitrogens with one attached hydrogen (secondary N) is 2. The van der Waals surface area contributed by atoms with E-state index in [1.54, 1.807) is 7.11 Å². The lowest BCUT2D eigenvalue weighted by Crippen LogP contribution is -2.53. The highest BCUT2D eigenvalue weighted by Crippen LogP contribution is 2.31. The van der Waals surface area contributed by atoms with Gasteiger partial charge in [-0.25, -0.2) is 0 Å². The topological polar surface area (TPSA) is 60.6 Å². The quantitative estimate of drug-likeness (QED) is 0.570. The highest BCUT2D eigenvalue weighted by atomic mass is 16.5. The van der Waals surface area contributed by atoms with Crippen LogP contribution in [-0.2, 0) is 4.79 Å². The van der Waals surface area contributed by atoms with Gasteiger partial charge in [0.25, 0.3) is 0 Å². The summed E-state index contributed by atoms with van der Waals surface area (Å²) < 4.78 is 5.35. The minimum Gasteiger partial charge on any atom is -0.497 e. The van der Waals surface area contributed by atoms with Gasteiger partial charge in [-0.1, -0.05) is 37.3 Å². The summed E-state index contributed by atoms with van der Waals surface area (Å²) in [6.07, 6.45) is 2.09. The molecule has 1 fully saturated rings. The molecule has 2 atom stereocenters.